The fourth-order valence-corrected chi connectivity index (χ4v) is 3.92. The van der Waals surface area contributed by atoms with Crippen molar-refractivity contribution in [3.05, 3.63) is 85.8 Å². The monoisotopic (exact) mass is 591 g/mol. The lowest BCUT2D eigenvalue weighted by atomic mass is 10.2. The Labute approximate surface area is 227 Å². The number of benzene rings is 3. The highest BCUT2D eigenvalue weighted by Crippen LogP contribution is 2.37. The molecule has 0 spiro atoms. The normalized spacial score (nSPS) is 10.8. The Bertz CT molecular complexity index is 1270. The summed E-state index contributed by atoms with van der Waals surface area (Å²) >= 11 is 15.5. The van der Waals surface area contributed by atoms with Gasteiger partial charge in [-0.25, -0.2) is 5.43 Å². The molecule has 2 amide bonds. The Morgan fingerprint density at radius 2 is 1.78 bits per heavy atom. The summed E-state index contributed by atoms with van der Waals surface area (Å²) in [6.07, 6.45) is 1.06. The first kappa shape index (κ1) is 27.5. The molecule has 3 aromatic carbocycles. The van der Waals surface area contributed by atoms with Gasteiger partial charge in [0.1, 0.15) is 13.0 Å². The zero-order valence-corrected chi connectivity index (χ0v) is 22.7. The van der Waals surface area contributed by atoms with Gasteiger partial charge in [0.25, 0.3) is 0 Å². The van der Waals surface area contributed by atoms with Crippen molar-refractivity contribution in [1.82, 2.24) is 5.43 Å². The van der Waals surface area contributed by atoms with Crippen molar-refractivity contribution >= 4 is 62.8 Å². The number of hydrazone groups is 1. The van der Waals surface area contributed by atoms with Gasteiger partial charge in [-0.3, -0.25) is 9.59 Å². The van der Waals surface area contributed by atoms with Gasteiger partial charge in [0.2, 0.25) is 11.8 Å². The topological polar surface area (TPSA) is 89.0 Å². The van der Waals surface area contributed by atoms with Crippen LogP contribution >= 0.6 is 39.1 Å². The molecule has 0 radical (unpaired) electrons. The van der Waals surface area contributed by atoms with Gasteiger partial charge >= 0.3 is 0 Å². The van der Waals surface area contributed by atoms with Gasteiger partial charge in [0.05, 0.1) is 17.3 Å². The van der Waals surface area contributed by atoms with E-state index in [2.05, 4.69) is 31.8 Å². The van der Waals surface area contributed by atoms with Gasteiger partial charge in [-0.15, -0.1) is 0 Å². The van der Waals surface area contributed by atoms with Crippen molar-refractivity contribution in [2.75, 3.05) is 11.9 Å². The zero-order valence-electron chi connectivity index (χ0n) is 19.6. The van der Waals surface area contributed by atoms with Gasteiger partial charge < -0.3 is 14.8 Å². The second-order valence-corrected chi connectivity index (χ2v) is 9.36. The van der Waals surface area contributed by atoms with Gasteiger partial charge in [0, 0.05) is 15.7 Å². The first-order valence-corrected chi connectivity index (χ1v) is 12.5. The van der Waals surface area contributed by atoms with E-state index in [0.29, 0.717) is 50.5 Å². The van der Waals surface area contributed by atoms with E-state index in [0.717, 1.165) is 11.1 Å². The maximum Gasteiger partial charge on any atom is 0.249 e. The minimum Gasteiger partial charge on any atom is -0.490 e. The predicted molar refractivity (Wildman–Crippen MR) is 146 cm³/mol. The van der Waals surface area contributed by atoms with Crippen molar-refractivity contribution in [3.63, 3.8) is 0 Å². The van der Waals surface area contributed by atoms with Crippen LogP contribution < -0.4 is 20.2 Å². The lowest BCUT2D eigenvalue weighted by Crippen LogP contribution is -2.24. The summed E-state index contributed by atoms with van der Waals surface area (Å²) in [7, 11) is 0. The standard InChI is InChI=1S/C26H24BrCl2N3O4/c1-3-35-23-11-18(10-21(27)26(23)36-15-17-5-7-19(28)8-6-17)14-30-32-25(34)13-24(33)31-20-9-4-16(2)22(29)12-20/h4-12,14H,3,13,15H2,1-2H3,(H,31,33)(H,32,34). The third kappa shape index (κ3) is 8.26. The molecule has 0 saturated heterocycles. The van der Waals surface area contributed by atoms with Gasteiger partial charge in [0.15, 0.2) is 11.5 Å². The van der Waals surface area contributed by atoms with Crippen molar-refractivity contribution in [3.8, 4) is 11.5 Å². The molecule has 36 heavy (non-hydrogen) atoms. The Morgan fingerprint density at radius 3 is 2.47 bits per heavy atom. The molecule has 7 nitrogen and oxygen atoms in total. The molecule has 0 aliphatic rings. The van der Waals surface area contributed by atoms with Crippen LogP contribution in [0.1, 0.15) is 30.0 Å². The van der Waals surface area contributed by atoms with Gasteiger partial charge in [-0.1, -0.05) is 41.4 Å². The van der Waals surface area contributed by atoms with Crippen LogP contribution in [0.3, 0.4) is 0 Å². The number of amides is 2. The molecule has 188 valence electrons. The van der Waals surface area contributed by atoms with Gasteiger partial charge in [-0.2, -0.15) is 5.10 Å². The van der Waals surface area contributed by atoms with Crippen molar-refractivity contribution in [2.24, 2.45) is 5.10 Å². The summed E-state index contributed by atoms with van der Waals surface area (Å²) in [6.45, 7) is 4.49. The Balaban J connectivity index is 1.59. The van der Waals surface area contributed by atoms with E-state index >= 15 is 0 Å². The molecule has 10 heteroatoms. The summed E-state index contributed by atoms with van der Waals surface area (Å²) in [5.41, 5.74) is 5.36. The molecule has 0 aliphatic heterocycles. The zero-order chi connectivity index (χ0) is 26.1. The summed E-state index contributed by atoms with van der Waals surface area (Å²) < 4.78 is 12.4. The highest BCUT2D eigenvalue weighted by Gasteiger charge is 2.13. The van der Waals surface area contributed by atoms with Gasteiger partial charge in [-0.05, 0) is 82.9 Å². The third-order valence-corrected chi connectivity index (χ3v) is 6.06. The molecule has 0 aromatic heterocycles. The predicted octanol–water partition coefficient (Wildman–Crippen LogP) is 6.52. The van der Waals surface area contributed by atoms with Crippen LogP contribution in [0.2, 0.25) is 10.0 Å². The molecule has 0 saturated carbocycles. The number of halogens is 3. The maximum atomic E-state index is 12.1. The van der Waals surface area contributed by atoms with Crippen LogP contribution in [-0.2, 0) is 16.2 Å². The Kier molecular flexibility index (Phi) is 10.2. The minimum atomic E-state index is -0.561. The molecule has 0 heterocycles. The van der Waals surface area contributed by atoms with Crippen LogP contribution in [0, 0.1) is 6.92 Å². The van der Waals surface area contributed by atoms with E-state index in [1.807, 2.05) is 26.0 Å². The maximum absolute atomic E-state index is 12.1. The van der Waals surface area contributed by atoms with E-state index < -0.39 is 18.2 Å². The second-order valence-electron chi connectivity index (χ2n) is 7.66. The molecule has 3 aromatic rings. The number of anilines is 1. The average molecular weight is 593 g/mol. The van der Waals surface area contributed by atoms with E-state index in [-0.39, 0.29) is 0 Å². The lowest BCUT2D eigenvalue weighted by molar-refractivity contribution is -0.126. The molecule has 0 bridgehead atoms. The van der Waals surface area contributed by atoms with E-state index in [1.165, 1.54) is 6.21 Å². The van der Waals surface area contributed by atoms with Crippen LogP contribution in [0.25, 0.3) is 0 Å². The highest BCUT2D eigenvalue weighted by atomic mass is 79.9. The third-order valence-electron chi connectivity index (χ3n) is 4.81. The lowest BCUT2D eigenvalue weighted by Gasteiger charge is -2.14. The van der Waals surface area contributed by atoms with Crippen LogP contribution in [0.4, 0.5) is 5.69 Å². The number of rotatable bonds is 10. The number of carbonyl (C=O) groups excluding carboxylic acids is 2. The second kappa shape index (κ2) is 13.3. The average Bonchev–Trinajstić information content (AvgIpc) is 2.82. The smallest absolute Gasteiger partial charge is 0.249 e. The van der Waals surface area contributed by atoms with Crippen LogP contribution in [0.5, 0.6) is 11.5 Å². The number of aryl methyl sites for hydroxylation is 1. The van der Waals surface area contributed by atoms with Crippen LogP contribution in [-0.4, -0.2) is 24.6 Å². The van der Waals surface area contributed by atoms with Crippen LogP contribution in [0.15, 0.2) is 64.2 Å². The SMILES string of the molecule is CCOc1cc(C=NNC(=O)CC(=O)Nc2ccc(C)c(Cl)c2)cc(Br)c1OCc1ccc(Cl)cc1. The Hall–Kier alpha value is -3.07. The fourth-order valence-electron chi connectivity index (χ4n) is 3.04. The quantitative estimate of drug-likeness (QED) is 0.159. The summed E-state index contributed by atoms with van der Waals surface area (Å²) in [6, 6.07) is 16.0. The minimum absolute atomic E-state index is 0.330. The number of nitrogens with one attached hydrogen (secondary N) is 2. The molecule has 0 fully saturated rings. The molecule has 3 rings (SSSR count). The highest BCUT2D eigenvalue weighted by molar-refractivity contribution is 9.10. The van der Waals surface area contributed by atoms with E-state index in [9.17, 15) is 9.59 Å². The molecule has 0 unspecified atom stereocenters. The van der Waals surface area contributed by atoms with E-state index in [4.69, 9.17) is 32.7 Å². The summed E-state index contributed by atoms with van der Waals surface area (Å²) in [5.74, 6) is 0.0192. The fraction of sp³-hybridized carbons (Fsp3) is 0.192. The molecule has 0 aliphatic carbocycles. The number of carbonyl (C=O) groups is 2. The number of ether oxygens (including phenoxy) is 2. The van der Waals surface area contributed by atoms with Crippen molar-refractivity contribution < 1.29 is 19.1 Å². The largest absolute Gasteiger partial charge is 0.490 e. The molecule has 2 N–H and O–H groups in total. The number of hydrogen-bond donors (Lipinski definition) is 2. The first-order chi connectivity index (χ1) is 17.2. The Morgan fingerprint density at radius 1 is 1.03 bits per heavy atom. The van der Waals surface area contributed by atoms with Crippen molar-refractivity contribution in [2.45, 2.75) is 26.9 Å². The summed E-state index contributed by atoms with van der Waals surface area (Å²) in [4.78, 5) is 24.2. The summed E-state index contributed by atoms with van der Waals surface area (Å²) in [5, 5.41) is 7.76. The van der Waals surface area contributed by atoms with Crippen molar-refractivity contribution in [1.29, 1.82) is 0 Å². The molecular weight excluding hydrogens is 569 g/mol. The first-order valence-electron chi connectivity index (χ1n) is 11.0. The van der Waals surface area contributed by atoms with E-state index in [1.54, 1.807) is 42.5 Å². The molecule has 0 atom stereocenters. The number of hydrogen-bond acceptors (Lipinski definition) is 5. The number of nitrogens with zero attached hydrogens (tertiary/aromatic N) is 1. The molecular formula is C26H24BrCl2N3O4.